The van der Waals surface area contributed by atoms with Crippen molar-refractivity contribution in [2.24, 2.45) is 5.92 Å². The van der Waals surface area contributed by atoms with Gasteiger partial charge in [-0.25, -0.2) is 9.97 Å². The quantitative estimate of drug-likeness (QED) is 0.311. The van der Waals surface area contributed by atoms with E-state index in [-0.39, 0.29) is 24.2 Å². The number of oxazole rings is 1. The van der Waals surface area contributed by atoms with Crippen LogP contribution in [-0.4, -0.2) is 59.0 Å². The lowest BCUT2D eigenvalue weighted by Crippen LogP contribution is -2.52. The van der Waals surface area contributed by atoms with E-state index < -0.39 is 12.1 Å². The van der Waals surface area contributed by atoms with Crippen molar-refractivity contribution in [3.05, 3.63) is 65.7 Å². The number of aliphatic hydroxyl groups excluding tert-OH is 1. The molecule has 3 heterocycles. The SMILES string of the molecule is COCC(=O)N[C@@H](Cc1cccc(-c2ncco2)c1)[C@H](O)CN[C@H]1CC2(CCC2)Oc2ncc(CC(C)C)cc21. The first-order valence-electron chi connectivity index (χ1n) is 14.2. The average Bonchev–Trinajstić information content (AvgIpc) is 3.45. The van der Waals surface area contributed by atoms with Crippen LogP contribution in [0.15, 0.2) is 53.4 Å². The first-order valence-corrected chi connectivity index (χ1v) is 14.2. The highest BCUT2D eigenvalue weighted by molar-refractivity contribution is 5.77. The summed E-state index contributed by atoms with van der Waals surface area (Å²) in [5, 5.41) is 18.0. The maximum Gasteiger partial charge on any atom is 0.246 e. The van der Waals surface area contributed by atoms with Gasteiger partial charge in [0, 0.05) is 43.4 Å². The molecule has 1 aromatic carbocycles. The van der Waals surface area contributed by atoms with E-state index in [1.54, 1.807) is 6.20 Å². The van der Waals surface area contributed by atoms with Crippen molar-refractivity contribution in [3.8, 4) is 17.3 Å². The van der Waals surface area contributed by atoms with Gasteiger partial charge in [-0.15, -0.1) is 0 Å². The molecule has 0 radical (unpaired) electrons. The zero-order valence-electron chi connectivity index (χ0n) is 23.6. The lowest BCUT2D eigenvalue weighted by Gasteiger charge is -2.47. The third kappa shape index (κ3) is 6.71. The number of nitrogens with one attached hydrogen (secondary N) is 2. The third-order valence-electron chi connectivity index (χ3n) is 7.83. The Morgan fingerprint density at radius 3 is 2.75 bits per heavy atom. The van der Waals surface area contributed by atoms with Gasteiger partial charge in [-0.3, -0.25) is 4.79 Å². The highest BCUT2D eigenvalue weighted by atomic mass is 16.5. The number of benzene rings is 1. The summed E-state index contributed by atoms with van der Waals surface area (Å²) in [7, 11) is 1.48. The summed E-state index contributed by atoms with van der Waals surface area (Å²) in [5.74, 6) is 1.47. The topological polar surface area (TPSA) is 119 Å². The zero-order valence-corrected chi connectivity index (χ0v) is 23.6. The molecule has 40 heavy (non-hydrogen) atoms. The minimum Gasteiger partial charge on any atom is -0.471 e. The number of carbonyl (C=O) groups is 1. The molecule has 2 aromatic heterocycles. The smallest absolute Gasteiger partial charge is 0.246 e. The van der Waals surface area contributed by atoms with Gasteiger partial charge in [0.1, 0.15) is 18.5 Å². The maximum atomic E-state index is 12.5. The molecule has 2 aliphatic rings. The summed E-state index contributed by atoms with van der Waals surface area (Å²) in [6, 6.07) is 9.46. The molecule has 0 bridgehead atoms. The van der Waals surface area contributed by atoms with Gasteiger partial charge >= 0.3 is 0 Å². The van der Waals surface area contributed by atoms with Crippen LogP contribution in [0.4, 0.5) is 0 Å². The molecular formula is C31H40N4O5. The summed E-state index contributed by atoms with van der Waals surface area (Å²) < 4.78 is 16.9. The molecule has 3 aromatic rings. The summed E-state index contributed by atoms with van der Waals surface area (Å²) in [5.41, 5.74) is 3.83. The number of amides is 1. The number of hydrogen-bond donors (Lipinski definition) is 3. The van der Waals surface area contributed by atoms with E-state index in [9.17, 15) is 9.90 Å². The number of ether oxygens (including phenoxy) is 2. The Morgan fingerprint density at radius 2 is 2.05 bits per heavy atom. The Bertz CT molecular complexity index is 1270. The van der Waals surface area contributed by atoms with Crippen LogP contribution in [-0.2, 0) is 22.4 Å². The predicted octanol–water partition coefficient (Wildman–Crippen LogP) is 4.01. The monoisotopic (exact) mass is 548 g/mol. The van der Waals surface area contributed by atoms with Crippen molar-refractivity contribution < 1.29 is 23.8 Å². The van der Waals surface area contributed by atoms with Crippen molar-refractivity contribution in [1.82, 2.24) is 20.6 Å². The number of fused-ring (bicyclic) bond motifs is 1. The van der Waals surface area contributed by atoms with Gasteiger partial charge in [0.15, 0.2) is 0 Å². The van der Waals surface area contributed by atoms with Crippen LogP contribution < -0.4 is 15.4 Å². The number of aromatic nitrogens is 2. The van der Waals surface area contributed by atoms with Gasteiger partial charge < -0.3 is 29.6 Å². The summed E-state index contributed by atoms with van der Waals surface area (Å²) >= 11 is 0. The van der Waals surface area contributed by atoms with Crippen LogP contribution in [0.2, 0.25) is 0 Å². The number of methoxy groups -OCH3 is 1. The van der Waals surface area contributed by atoms with Crippen LogP contribution in [0.5, 0.6) is 5.88 Å². The molecule has 1 fully saturated rings. The van der Waals surface area contributed by atoms with E-state index in [1.165, 1.54) is 18.9 Å². The van der Waals surface area contributed by atoms with Gasteiger partial charge in [-0.05, 0) is 67.3 Å². The van der Waals surface area contributed by atoms with Crippen LogP contribution >= 0.6 is 0 Å². The number of aliphatic hydroxyl groups is 1. The summed E-state index contributed by atoms with van der Waals surface area (Å²) in [6.07, 6.45) is 9.61. The number of carbonyl (C=O) groups excluding carboxylic acids is 1. The highest BCUT2D eigenvalue weighted by Gasteiger charge is 2.46. The molecule has 9 nitrogen and oxygen atoms in total. The van der Waals surface area contributed by atoms with Crippen LogP contribution in [0.3, 0.4) is 0 Å². The van der Waals surface area contributed by atoms with Crippen molar-refractivity contribution in [3.63, 3.8) is 0 Å². The molecule has 3 atom stereocenters. The number of rotatable bonds is 12. The lowest BCUT2D eigenvalue weighted by atomic mass is 9.73. The summed E-state index contributed by atoms with van der Waals surface area (Å²) in [6.45, 7) is 4.62. The fourth-order valence-electron chi connectivity index (χ4n) is 5.74. The Kier molecular flexibility index (Phi) is 8.83. The molecule has 1 aliphatic heterocycles. The van der Waals surface area contributed by atoms with Crippen LogP contribution in [0.1, 0.15) is 62.3 Å². The fraction of sp³-hybridized carbons (Fsp3) is 0.516. The molecule has 214 valence electrons. The van der Waals surface area contributed by atoms with Gasteiger partial charge in [-0.2, -0.15) is 0 Å². The average molecular weight is 549 g/mol. The van der Waals surface area contributed by atoms with Crippen molar-refractivity contribution in [2.75, 3.05) is 20.3 Å². The Hall–Kier alpha value is -3.27. The third-order valence-corrected chi connectivity index (χ3v) is 7.83. The molecular weight excluding hydrogens is 508 g/mol. The molecule has 1 spiro atoms. The minimum absolute atomic E-state index is 0.00185. The lowest BCUT2D eigenvalue weighted by molar-refractivity contribution is -0.126. The second-order valence-electron chi connectivity index (χ2n) is 11.6. The molecule has 3 N–H and O–H groups in total. The van der Waals surface area contributed by atoms with Gasteiger partial charge in [0.25, 0.3) is 0 Å². The van der Waals surface area contributed by atoms with E-state index >= 15 is 0 Å². The first-order chi connectivity index (χ1) is 19.3. The summed E-state index contributed by atoms with van der Waals surface area (Å²) in [4.78, 5) is 21.4. The second kappa shape index (κ2) is 12.5. The number of nitrogens with zero attached hydrogens (tertiary/aromatic N) is 2. The number of hydrogen-bond acceptors (Lipinski definition) is 8. The Balaban J connectivity index is 1.32. The molecule has 0 saturated heterocycles. The highest BCUT2D eigenvalue weighted by Crippen LogP contribution is 2.48. The largest absolute Gasteiger partial charge is 0.471 e. The standard InChI is InChI=1S/C31H40N4O5/c1-20(2)12-22-14-24-26(16-31(8-5-9-31)40-30(24)34-17-22)33-18-27(36)25(35-28(37)19-38-3)15-21-6-4-7-23(13-21)29-32-10-11-39-29/h4,6-7,10-11,13-14,17,20,25-27,33,36H,5,8-9,12,15-16,18-19H2,1-3H3,(H,35,37)/t25-,26-,27+/m0/s1. The van der Waals surface area contributed by atoms with Crippen LogP contribution in [0.25, 0.3) is 11.5 Å². The van der Waals surface area contributed by atoms with E-state index in [4.69, 9.17) is 18.9 Å². The van der Waals surface area contributed by atoms with Crippen LogP contribution in [0, 0.1) is 5.92 Å². The molecule has 1 amide bonds. The molecule has 1 saturated carbocycles. The normalized spacial score (nSPS) is 19.0. The van der Waals surface area contributed by atoms with Crippen molar-refractivity contribution in [1.29, 1.82) is 0 Å². The van der Waals surface area contributed by atoms with Crippen molar-refractivity contribution >= 4 is 5.91 Å². The fourth-order valence-corrected chi connectivity index (χ4v) is 5.74. The van der Waals surface area contributed by atoms with E-state index in [2.05, 4.69) is 35.5 Å². The molecule has 1 aliphatic carbocycles. The first kappa shape index (κ1) is 28.3. The van der Waals surface area contributed by atoms with Gasteiger partial charge in [-0.1, -0.05) is 26.0 Å². The molecule has 0 unspecified atom stereocenters. The molecule has 9 heteroatoms. The number of pyridine rings is 1. The predicted molar refractivity (Wildman–Crippen MR) is 151 cm³/mol. The maximum absolute atomic E-state index is 12.5. The van der Waals surface area contributed by atoms with E-state index in [0.717, 1.165) is 48.8 Å². The Morgan fingerprint density at radius 1 is 1.20 bits per heavy atom. The second-order valence-corrected chi connectivity index (χ2v) is 11.6. The zero-order chi connectivity index (χ0) is 28.1. The van der Waals surface area contributed by atoms with E-state index in [1.807, 2.05) is 30.5 Å². The van der Waals surface area contributed by atoms with Crippen molar-refractivity contribution in [2.45, 2.75) is 76.2 Å². The Labute approximate surface area is 235 Å². The van der Waals surface area contributed by atoms with Gasteiger partial charge in [0.05, 0.1) is 18.3 Å². The molecule has 5 rings (SSSR count). The van der Waals surface area contributed by atoms with Gasteiger partial charge in [0.2, 0.25) is 17.7 Å². The van der Waals surface area contributed by atoms with E-state index in [0.29, 0.717) is 30.7 Å². The minimum atomic E-state index is -0.846.